The lowest BCUT2D eigenvalue weighted by Crippen LogP contribution is -2.18. The summed E-state index contributed by atoms with van der Waals surface area (Å²) in [6.45, 7) is 5.40. The van der Waals surface area contributed by atoms with Crippen molar-refractivity contribution in [2.45, 2.75) is 19.8 Å². The number of carbonyl (C=O) groups excluding carboxylic acids is 2. The van der Waals surface area contributed by atoms with Crippen LogP contribution in [0.5, 0.6) is 5.75 Å². The highest BCUT2D eigenvalue weighted by molar-refractivity contribution is 5.97. The van der Waals surface area contributed by atoms with Gasteiger partial charge in [0.05, 0.1) is 6.21 Å². The molecule has 26 heavy (non-hydrogen) atoms. The summed E-state index contributed by atoms with van der Waals surface area (Å²) in [6, 6.07) is 11.9. The second kappa shape index (κ2) is 9.17. The van der Waals surface area contributed by atoms with Crippen molar-refractivity contribution in [1.82, 2.24) is 5.43 Å². The van der Waals surface area contributed by atoms with Crippen molar-refractivity contribution >= 4 is 23.7 Å². The number of anilines is 1. The molecule has 0 heterocycles. The molecule has 2 aromatic rings. The van der Waals surface area contributed by atoms with Gasteiger partial charge in [0.2, 0.25) is 5.91 Å². The lowest BCUT2D eigenvalue weighted by Gasteiger charge is -2.06. The van der Waals surface area contributed by atoms with E-state index in [1.807, 2.05) is 0 Å². The molecule has 6 heteroatoms. The van der Waals surface area contributed by atoms with Crippen molar-refractivity contribution in [2.75, 3.05) is 5.32 Å². The highest BCUT2D eigenvalue weighted by atomic mass is 16.3. The minimum atomic E-state index is -0.421. The fourth-order valence-corrected chi connectivity index (χ4v) is 2.25. The van der Waals surface area contributed by atoms with E-state index in [1.165, 1.54) is 6.21 Å². The van der Waals surface area contributed by atoms with E-state index in [0.29, 0.717) is 29.7 Å². The number of nitrogens with one attached hydrogen (secondary N) is 2. The highest BCUT2D eigenvalue weighted by Crippen LogP contribution is 2.21. The van der Waals surface area contributed by atoms with Crippen molar-refractivity contribution < 1.29 is 14.7 Å². The molecule has 0 aliphatic heterocycles. The van der Waals surface area contributed by atoms with E-state index >= 15 is 0 Å². The molecule has 2 rings (SSSR count). The van der Waals surface area contributed by atoms with Crippen LogP contribution in [0.25, 0.3) is 0 Å². The molecule has 134 valence electrons. The first-order chi connectivity index (χ1) is 12.5. The van der Waals surface area contributed by atoms with Gasteiger partial charge >= 0.3 is 0 Å². The Morgan fingerprint density at radius 3 is 2.73 bits per heavy atom. The van der Waals surface area contributed by atoms with Crippen molar-refractivity contribution in [1.29, 1.82) is 0 Å². The van der Waals surface area contributed by atoms with Crippen LogP contribution in [0.3, 0.4) is 0 Å². The Bertz CT molecular complexity index is 844. The van der Waals surface area contributed by atoms with Gasteiger partial charge in [0.15, 0.2) is 0 Å². The maximum absolute atomic E-state index is 12.2. The normalized spacial score (nSPS) is 10.5. The lowest BCUT2D eigenvalue weighted by atomic mass is 10.1. The second-order valence-electron chi connectivity index (χ2n) is 5.53. The number of nitrogens with zero attached hydrogens (tertiary/aromatic N) is 1. The summed E-state index contributed by atoms with van der Waals surface area (Å²) in [7, 11) is 0. The van der Waals surface area contributed by atoms with Crippen LogP contribution in [0, 0.1) is 0 Å². The molecule has 0 unspecified atom stereocenters. The number of hydrogen-bond donors (Lipinski definition) is 3. The zero-order valence-corrected chi connectivity index (χ0v) is 14.5. The number of para-hydroxylation sites is 1. The SMILES string of the molecule is C=CCc1cccc(C=NNC(=O)c2cccc(NC(=O)CC)c2)c1O. The smallest absolute Gasteiger partial charge is 0.271 e. The number of phenols is 1. The molecule has 0 spiro atoms. The minimum absolute atomic E-state index is 0.106. The van der Waals surface area contributed by atoms with E-state index in [4.69, 9.17) is 0 Å². The first kappa shape index (κ1) is 18.9. The van der Waals surface area contributed by atoms with Gasteiger partial charge in [-0.15, -0.1) is 6.58 Å². The monoisotopic (exact) mass is 351 g/mol. The lowest BCUT2D eigenvalue weighted by molar-refractivity contribution is -0.115. The van der Waals surface area contributed by atoms with Crippen molar-refractivity contribution in [2.24, 2.45) is 5.10 Å². The van der Waals surface area contributed by atoms with Gasteiger partial charge in [-0.3, -0.25) is 9.59 Å². The van der Waals surface area contributed by atoms with Crippen molar-refractivity contribution in [3.8, 4) is 5.75 Å². The van der Waals surface area contributed by atoms with Crippen molar-refractivity contribution in [3.05, 3.63) is 71.8 Å². The molecule has 0 saturated carbocycles. The summed E-state index contributed by atoms with van der Waals surface area (Å²) in [5, 5.41) is 16.7. The van der Waals surface area contributed by atoms with Gasteiger partial charge in [0, 0.05) is 23.2 Å². The molecule has 0 radical (unpaired) electrons. The summed E-state index contributed by atoms with van der Waals surface area (Å²) in [4.78, 5) is 23.6. The van der Waals surface area contributed by atoms with E-state index in [9.17, 15) is 14.7 Å². The first-order valence-electron chi connectivity index (χ1n) is 8.20. The molecule has 0 atom stereocenters. The largest absolute Gasteiger partial charge is 0.507 e. The third-order valence-corrected chi connectivity index (χ3v) is 3.61. The van der Waals surface area contributed by atoms with Crippen LogP contribution in [0.1, 0.15) is 34.8 Å². The molecular weight excluding hydrogens is 330 g/mol. The van der Waals surface area contributed by atoms with Gasteiger partial charge in [-0.25, -0.2) is 5.43 Å². The van der Waals surface area contributed by atoms with E-state index < -0.39 is 5.91 Å². The number of allylic oxidation sites excluding steroid dienone is 1. The first-order valence-corrected chi connectivity index (χ1v) is 8.20. The number of hydrogen-bond acceptors (Lipinski definition) is 4. The summed E-state index contributed by atoms with van der Waals surface area (Å²) in [5.41, 5.74) is 4.54. The Labute approximate surface area is 152 Å². The number of phenolic OH excluding ortho intramolecular Hbond substituents is 1. The van der Waals surface area contributed by atoms with Gasteiger partial charge in [-0.1, -0.05) is 31.2 Å². The molecule has 0 fully saturated rings. The summed E-state index contributed by atoms with van der Waals surface area (Å²) in [6.07, 6.45) is 3.97. The maximum atomic E-state index is 12.2. The molecule has 2 aromatic carbocycles. The number of carbonyl (C=O) groups is 2. The Morgan fingerprint density at radius 1 is 1.23 bits per heavy atom. The quantitative estimate of drug-likeness (QED) is 0.406. The van der Waals surface area contributed by atoms with Gasteiger partial charge in [-0.05, 0) is 36.2 Å². The maximum Gasteiger partial charge on any atom is 0.271 e. The van der Waals surface area contributed by atoms with Crippen LogP contribution in [0.4, 0.5) is 5.69 Å². The van der Waals surface area contributed by atoms with Crippen LogP contribution < -0.4 is 10.7 Å². The fraction of sp³-hybridized carbons (Fsp3) is 0.150. The summed E-state index contributed by atoms with van der Waals surface area (Å²) < 4.78 is 0. The van der Waals surface area contributed by atoms with Gasteiger partial charge in [0.25, 0.3) is 5.91 Å². The number of aromatic hydroxyl groups is 1. The summed E-state index contributed by atoms with van der Waals surface area (Å²) in [5.74, 6) is -0.444. The number of hydrazone groups is 1. The molecule has 3 N–H and O–H groups in total. The van der Waals surface area contributed by atoms with E-state index in [0.717, 1.165) is 5.56 Å². The molecule has 0 aliphatic carbocycles. The molecular formula is C20H21N3O3. The van der Waals surface area contributed by atoms with Crippen LogP contribution in [0.2, 0.25) is 0 Å². The Hall–Kier alpha value is -3.41. The standard InChI is InChI=1S/C20H21N3O3/c1-3-7-14-8-5-10-16(19(14)25)13-21-23-20(26)15-9-6-11-17(12-15)22-18(24)4-2/h3,5-6,8-13,25H,1,4,7H2,2H3,(H,22,24)(H,23,26). The second-order valence-corrected chi connectivity index (χ2v) is 5.53. The number of benzene rings is 2. The van der Waals surface area contributed by atoms with Gasteiger partial charge in [0.1, 0.15) is 5.75 Å². The van der Waals surface area contributed by atoms with E-state index in [1.54, 1.807) is 55.5 Å². The summed E-state index contributed by atoms with van der Waals surface area (Å²) >= 11 is 0. The van der Waals surface area contributed by atoms with Crippen molar-refractivity contribution in [3.63, 3.8) is 0 Å². The van der Waals surface area contributed by atoms with E-state index in [-0.39, 0.29) is 11.7 Å². The molecule has 0 aromatic heterocycles. The third-order valence-electron chi connectivity index (χ3n) is 3.61. The third kappa shape index (κ3) is 5.04. The molecule has 0 aliphatic rings. The Balaban J connectivity index is 2.06. The zero-order chi connectivity index (χ0) is 18.9. The van der Waals surface area contributed by atoms with Crippen LogP contribution in [-0.2, 0) is 11.2 Å². The van der Waals surface area contributed by atoms with Crippen LogP contribution >= 0.6 is 0 Å². The molecule has 2 amide bonds. The predicted octanol–water partition coefficient (Wildman–Crippen LogP) is 3.23. The number of rotatable bonds is 7. The van der Waals surface area contributed by atoms with Crippen LogP contribution in [-0.4, -0.2) is 23.1 Å². The topological polar surface area (TPSA) is 90.8 Å². The average Bonchev–Trinajstić information content (AvgIpc) is 2.65. The Kier molecular flexibility index (Phi) is 6.68. The highest BCUT2D eigenvalue weighted by Gasteiger charge is 2.07. The average molecular weight is 351 g/mol. The van der Waals surface area contributed by atoms with E-state index in [2.05, 4.69) is 22.4 Å². The molecule has 0 saturated heterocycles. The van der Waals surface area contributed by atoms with Gasteiger partial charge < -0.3 is 10.4 Å². The van der Waals surface area contributed by atoms with Crippen LogP contribution in [0.15, 0.2) is 60.2 Å². The number of amides is 2. The fourth-order valence-electron chi connectivity index (χ4n) is 2.25. The predicted molar refractivity (Wildman–Crippen MR) is 102 cm³/mol. The molecule has 0 bridgehead atoms. The Morgan fingerprint density at radius 2 is 2.00 bits per heavy atom. The molecule has 6 nitrogen and oxygen atoms in total. The zero-order valence-electron chi connectivity index (χ0n) is 14.5. The van der Waals surface area contributed by atoms with Gasteiger partial charge in [-0.2, -0.15) is 5.10 Å². The minimum Gasteiger partial charge on any atom is -0.507 e.